The predicted molar refractivity (Wildman–Crippen MR) is 81.7 cm³/mol. The minimum atomic E-state index is 0.148. The van der Waals surface area contributed by atoms with Gasteiger partial charge in [-0.2, -0.15) is 0 Å². The van der Waals surface area contributed by atoms with Crippen LogP contribution >= 0.6 is 39.1 Å². The second kappa shape index (κ2) is 8.23. The van der Waals surface area contributed by atoms with Crippen LogP contribution in [0.4, 0.5) is 5.69 Å². The van der Waals surface area contributed by atoms with Crippen molar-refractivity contribution in [3.8, 4) is 0 Å². The van der Waals surface area contributed by atoms with Crippen LogP contribution < -0.4 is 11.1 Å². The van der Waals surface area contributed by atoms with Crippen LogP contribution in [0, 0.1) is 0 Å². The van der Waals surface area contributed by atoms with E-state index in [4.69, 9.17) is 33.7 Å². The zero-order valence-corrected chi connectivity index (χ0v) is 13.3. The average Bonchev–Trinajstić information content (AvgIpc) is 2.30. The molecule has 1 atom stereocenters. The van der Waals surface area contributed by atoms with Gasteiger partial charge < -0.3 is 15.8 Å². The number of hydrogen-bond donors (Lipinski definition) is 2. The summed E-state index contributed by atoms with van der Waals surface area (Å²) < 4.78 is 6.03. The fourth-order valence-electron chi connectivity index (χ4n) is 1.65. The van der Waals surface area contributed by atoms with Gasteiger partial charge in [0.1, 0.15) is 0 Å². The standard InChI is InChI=1S/C12H17BrCl2N2O/c1-18-7-9(3-2-4-16)17-12-10(14)5-8(13)6-11(12)15/h5-6,9,17H,2-4,7,16H2,1H3. The molecule has 0 aliphatic rings. The number of anilines is 1. The fraction of sp³-hybridized carbons (Fsp3) is 0.500. The third-order valence-electron chi connectivity index (χ3n) is 2.48. The van der Waals surface area contributed by atoms with Gasteiger partial charge in [-0.05, 0) is 31.5 Å². The van der Waals surface area contributed by atoms with E-state index in [-0.39, 0.29) is 6.04 Å². The van der Waals surface area contributed by atoms with Crippen molar-refractivity contribution in [2.45, 2.75) is 18.9 Å². The summed E-state index contributed by atoms with van der Waals surface area (Å²) in [5.74, 6) is 0. The summed E-state index contributed by atoms with van der Waals surface area (Å²) in [4.78, 5) is 0. The van der Waals surface area contributed by atoms with Crippen molar-refractivity contribution in [3.05, 3.63) is 26.7 Å². The van der Waals surface area contributed by atoms with Crippen molar-refractivity contribution >= 4 is 44.8 Å². The summed E-state index contributed by atoms with van der Waals surface area (Å²) in [5, 5.41) is 4.49. The van der Waals surface area contributed by atoms with Crippen LogP contribution in [0.15, 0.2) is 16.6 Å². The summed E-state index contributed by atoms with van der Waals surface area (Å²) in [6.45, 7) is 1.24. The van der Waals surface area contributed by atoms with Crippen molar-refractivity contribution < 1.29 is 4.74 Å². The van der Waals surface area contributed by atoms with E-state index in [1.807, 2.05) is 12.1 Å². The number of nitrogens with two attached hydrogens (primary N) is 1. The zero-order valence-electron chi connectivity index (χ0n) is 10.2. The van der Waals surface area contributed by atoms with Gasteiger partial charge in [-0.3, -0.25) is 0 Å². The van der Waals surface area contributed by atoms with Gasteiger partial charge in [0.2, 0.25) is 0 Å². The highest BCUT2D eigenvalue weighted by atomic mass is 79.9. The van der Waals surface area contributed by atoms with Crippen LogP contribution in [-0.2, 0) is 4.74 Å². The van der Waals surface area contributed by atoms with Crippen LogP contribution in [0.5, 0.6) is 0 Å². The first kappa shape index (κ1) is 16.1. The Morgan fingerprint density at radius 2 is 2.00 bits per heavy atom. The maximum Gasteiger partial charge on any atom is 0.0722 e. The van der Waals surface area contributed by atoms with E-state index >= 15 is 0 Å². The molecule has 0 radical (unpaired) electrons. The SMILES string of the molecule is COCC(CCCN)Nc1c(Cl)cc(Br)cc1Cl. The maximum absolute atomic E-state index is 6.17. The lowest BCUT2D eigenvalue weighted by atomic mass is 10.1. The second-order valence-electron chi connectivity index (χ2n) is 3.97. The van der Waals surface area contributed by atoms with Crippen molar-refractivity contribution in [2.24, 2.45) is 5.73 Å². The number of rotatable bonds is 7. The molecule has 0 heterocycles. The monoisotopic (exact) mass is 354 g/mol. The van der Waals surface area contributed by atoms with Crippen LogP contribution in [-0.4, -0.2) is 26.3 Å². The minimum absolute atomic E-state index is 0.148. The van der Waals surface area contributed by atoms with Gasteiger partial charge in [-0.15, -0.1) is 0 Å². The summed E-state index contributed by atoms with van der Waals surface area (Å²) in [7, 11) is 1.67. The third-order valence-corrected chi connectivity index (χ3v) is 3.53. The highest BCUT2D eigenvalue weighted by molar-refractivity contribution is 9.10. The first-order valence-electron chi connectivity index (χ1n) is 5.68. The summed E-state index contributed by atoms with van der Waals surface area (Å²) in [6, 6.07) is 3.76. The van der Waals surface area contributed by atoms with E-state index < -0.39 is 0 Å². The number of hydrogen-bond acceptors (Lipinski definition) is 3. The lowest BCUT2D eigenvalue weighted by Gasteiger charge is -2.20. The molecule has 102 valence electrons. The molecule has 0 saturated carbocycles. The highest BCUT2D eigenvalue weighted by Gasteiger charge is 2.13. The van der Waals surface area contributed by atoms with Gasteiger partial charge in [-0.25, -0.2) is 0 Å². The molecule has 1 aromatic rings. The quantitative estimate of drug-likeness (QED) is 0.779. The van der Waals surface area contributed by atoms with Crippen LogP contribution in [0.3, 0.4) is 0 Å². The molecular formula is C12H17BrCl2N2O. The van der Waals surface area contributed by atoms with E-state index in [9.17, 15) is 0 Å². The smallest absolute Gasteiger partial charge is 0.0722 e. The normalized spacial score (nSPS) is 12.5. The van der Waals surface area contributed by atoms with E-state index in [1.165, 1.54) is 0 Å². The van der Waals surface area contributed by atoms with E-state index in [1.54, 1.807) is 7.11 Å². The molecule has 0 aliphatic carbocycles. The fourth-order valence-corrected chi connectivity index (χ4v) is 2.96. The Kier molecular flexibility index (Phi) is 7.34. The Hall–Kier alpha value is -0.0000000000000000555. The lowest BCUT2D eigenvalue weighted by Crippen LogP contribution is -2.26. The summed E-state index contributed by atoms with van der Waals surface area (Å²) in [5.41, 5.74) is 6.26. The van der Waals surface area contributed by atoms with Crippen LogP contribution in [0.2, 0.25) is 10.0 Å². The average molecular weight is 356 g/mol. The first-order valence-corrected chi connectivity index (χ1v) is 7.23. The first-order chi connectivity index (χ1) is 8.58. The van der Waals surface area contributed by atoms with Crippen LogP contribution in [0.25, 0.3) is 0 Å². The number of methoxy groups -OCH3 is 1. The van der Waals surface area contributed by atoms with Crippen molar-refractivity contribution in [1.82, 2.24) is 0 Å². The molecule has 0 aliphatic heterocycles. The Labute approximate surface area is 126 Å². The van der Waals surface area contributed by atoms with E-state index in [0.29, 0.717) is 23.2 Å². The number of benzene rings is 1. The Morgan fingerprint density at radius 1 is 1.39 bits per heavy atom. The van der Waals surface area contributed by atoms with Gasteiger partial charge in [0, 0.05) is 17.6 Å². The van der Waals surface area contributed by atoms with Crippen LogP contribution in [0.1, 0.15) is 12.8 Å². The maximum atomic E-state index is 6.17. The minimum Gasteiger partial charge on any atom is -0.383 e. The number of nitrogens with one attached hydrogen (secondary N) is 1. The van der Waals surface area contributed by atoms with Gasteiger partial charge >= 0.3 is 0 Å². The third kappa shape index (κ3) is 4.94. The Bertz CT molecular complexity index is 367. The predicted octanol–water partition coefficient (Wildman–Crippen LogP) is 3.92. The van der Waals surface area contributed by atoms with Gasteiger partial charge in [0.15, 0.2) is 0 Å². The van der Waals surface area contributed by atoms with Gasteiger partial charge in [0.05, 0.1) is 22.3 Å². The van der Waals surface area contributed by atoms with E-state index in [2.05, 4.69) is 21.2 Å². The molecule has 18 heavy (non-hydrogen) atoms. The molecule has 1 rings (SSSR count). The molecule has 3 N–H and O–H groups in total. The Balaban J connectivity index is 2.79. The number of halogens is 3. The molecule has 1 aromatic carbocycles. The second-order valence-corrected chi connectivity index (χ2v) is 5.70. The summed E-state index contributed by atoms with van der Waals surface area (Å²) >= 11 is 15.7. The summed E-state index contributed by atoms with van der Waals surface area (Å²) in [6.07, 6.45) is 1.83. The molecule has 0 aromatic heterocycles. The van der Waals surface area contributed by atoms with Gasteiger partial charge in [0.25, 0.3) is 0 Å². The molecule has 0 saturated heterocycles. The van der Waals surface area contributed by atoms with Crippen molar-refractivity contribution in [3.63, 3.8) is 0 Å². The molecule has 0 spiro atoms. The molecule has 0 amide bonds. The molecule has 1 unspecified atom stereocenters. The van der Waals surface area contributed by atoms with E-state index in [0.717, 1.165) is 23.0 Å². The molecule has 0 bridgehead atoms. The molecule has 6 heteroatoms. The largest absolute Gasteiger partial charge is 0.383 e. The highest BCUT2D eigenvalue weighted by Crippen LogP contribution is 2.34. The van der Waals surface area contributed by atoms with Crippen molar-refractivity contribution in [2.75, 3.05) is 25.6 Å². The Morgan fingerprint density at radius 3 is 2.50 bits per heavy atom. The number of ether oxygens (including phenoxy) is 1. The molecular weight excluding hydrogens is 339 g/mol. The molecule has 0 fully saturated rings. The zero-order chi connectivity index (χ0) is 13.5. The molecule has 3 nitrogen and oxygen atoms in total. The lowest BCUT2D eigenvalue weighted by molar-refractivity contribution is 0.182. The van der Waals surface area contributed by atoms with Crippen molar-refractivity contribution in [1.29, 1.82) is 0 Å². The van der Waals surface area contributed by atoms with Gasteiger partial charge in [-0.1, -0.05) is 39.1 Å². The topological polar surface area (TPSA) is 47.3 Å².